The Balaban J connectivity index is 1.93. The van der Waals surface area contributed by atoms with Gasteiger partial charge >= 0.3 is 5.97 Å². The Morgan fingerprint density at radius 2 is 1.82 bits per heavy atom. The molecule has 2 aromatic rings. The number of nitriles is 1. The van der Waals surface area contributed by atoms with Crippen molar-refractivity contribution < 1.29 is 19.2 Å². The fraction of sp³-hybridized carbons (Fsp3) is 0.150. The molecule has 0 aliphatic heterocycles. The second-order valence-corrected chi connectivity index (χ2v) is 5.58. The molecule has 0 unspecified atom stereocenters. The molecule has 0 saturated carbocycles. The number of nitrogens with zero attached hydrogens (tertiary/aromatic N) is 3. The third kappa shape index (κ3) is 6.07. The van der Waals surface area contributed by atoms with Crippen LogP contribution in [0, 0.1) is 21.4 Å². The van der Waals surface area contributed by atoms with Crippen molar-refractivity contribution in [2.45, 2.75) is 6.42 Å². The number of rotatable bonds is 8. The first-order valence-electron chi connectivity index (χ1n) is 8.33. The van der Waals surface area contributed by atoms with E-state index in [2.05, 4.69) is 0 Å². The maximum Gasteiger partial charge on any atom is 0.331 e. The fourth-order valence-corrected chi connectivity index (χ4v) is 2.30. The van der Waals surface area contributed by atoms with Crippen molar-refractivity contribution in [3.63, 3.8) is 0 Å². The normalized spacial score (nSPS) is 10.2. The molecule has 0 fully saturated rings. The minimum Gasteiger partial charge on any atom is -0.452 e. The Kier molecular flexibility index (Phi) is 7.43. The number of hydrogen-bond acceptors (Lipinski definition) is 6. The van der Waals surface area contributed by atoms with Gasteiger partial charge in [0, 0.05) is 30.4 Å². The Bertz CT molecular complexity index is 902. The van der Waals surface area contributed by atoms with Gasteiger partial charge in [-0.15, -0.1) is 0 Å². The van der Waals surface area contributed by atoms with Crippen molar-refractivity contribution in [3.05, 3.63) is 76.4 Å². The molecular weight excluding hydrogens is 362 g/mol. The summed E-state index contributed by atoms with van der Waals surface area (Å²) in [5.41, 5.74) is 1.14. The van der Waals surface area contributed by atoms with Gasteiger partial charge in [0.05, 0.1) is 17.4 Å². The number of hydrogen-bond donors (Lipinski definition) is 0. The number of nitro benzene ring substituents is 1. The van der Waals surface area contributed by atoms with E-state index < -0.39 is 23.4 Å². The van der Waals surface area contributed by atoms with Crippen molar-refractivity contribution >= 4 is 29.3 Å². The number of anilines is 1. The Labute approximate surface area is 161 Å². The quantitative estimate of drug-likeness (QED) is 0.301. The number of carbonyl (C=O) groups is 2. The Morgan fingerprint density at radius 1 is 1.14 bits per heavy atom. The van der Waals surface area contributed by atoms with Crippen LogP contribution < -0.4 is 4.90 Å². The highest BCUT2D eigenvalue weighted by atomic mass is 16.6. The van der Waals surface area contributed by atoms with E-state index in [1.54, 1.807) is 30.3 Å². The summed E-state index contributed by atoms with van der Waals surface area (Å²) in [6.07, 6.45) is 2.71. The van der Waals surface area contributed by atoms with Crippen LogP contribution in [-0.2, 0) is 14.3 Å². The third-order valence-electron chi connectivity index (χ3n) is 3.67. The summed E-state index contributed by atoms with van der Waals surface area (Å²) in [6, 6.07) is 16.4. The van der Waals surface area contributed by atoms with Crippen molar-refractivity contribution in [2.75, 3.05) is 18.1 Å². The minimum atomic E-state index is -0.722. The van der Waals surface area contributed by atoms with Crippen LogP contribution in [0.15, 0.2) is 60.7 Å². The van der Waals surface area contributed by atoms with Gasteiger partial charge in [0.1, 0.15) is 0 Å². The van der Waals surface area contributed by atoms with Crippen molar-refractivity contribution in [1.29, 1.82) is 5.26 Å². The molecule has 0 atom stereocenters. The van der Waals surface area contributed by atoms with Crippen LogP contribution in [0.2, 0.25) is 0 Å². The molecule has 0 aliphatic carbocycles. The zero-order valence-electron chi connectivity index (χ0n) is 14.9. The van der Waals surface area contributed by atoms with E-state index >= 15 is 0 Å². The highest BCUT2D eigenvalue weighted by Crippen LogP contribution is 2.15. The third-order valence-corrected chi connectivity index (χ3v) is 3.67. The van der Waals surface area contributed by atoms with Crippen molar-refractivity contribution in [3.8, 4) is 6.07 Å². The van der Waals surface area contributed by atoms with Gasteiger partial charge < -0.3 is 9.64 Å². The predicted octanol–water partition coefficient (Wildman–Crippen LogP) is 3.10. The zero-order valence-corrected chi connectivity index (χ0v) is 14.9. The largest absolute Gasteiger partial charge is 0.452 e. The lowest BCUT2D eigenvalue weighted by Gasteiger charge is -2.21. The lowest BCUT2D eigenvalue weighted by atomic mass is 10.2. The van der Waals surface area contributed by atoms with Gasteiger partial charge in [0.25, 0.3) is 11.6 Å². The molecule has 142 valence electrons. The van der Waals surface area contributed by atoms with Crippen LogP contribution in [0.25, 0.3) is 6.08 Å². The van der Waals surface area contributed by atoms with E-state index in [0.717, 1.165) is 6.08 Å². The summed E-state index contributed by atoms with van der Waals surface area (Å²) in [5, 5.41) is 19.4. The molecule has 0 heterocycles. The second kappa shape index (κ2) is 10.2. The highest BCUT2D eigenvalue weighted by Gasteiger charge is 2.16. The van der Waals surface area contributed by atoms with E-state index in [9.17, 15) is 19.7 Å². The lowest BCUT2D eigenvalue weighted by Crippen LogP contribution is -2.35. The summed E-state index contributed by atoms with van der Waals surface area (Å²) in [6.45, 7) is -0.278. The van der Waals surface area contributed by atoms with Crippen molar-refractivity contribution in [1.82, 2.24) is 0 Å². The molecule has 0 radical (unpaired) electrons. The van der Waals surface area contributed by atoms with E-state index in [4.69, 9.17) is 10.00 Å². The zero-order chi connectivity index (χ0) is 20.4. The summed E-state index contributed by atoms with van der Waals surface area (Å²) >= 11 is 0. The minimum absolute atomic E-state index is 0.0521. The number of ether oxygens (including phenoxy) is 1. The fourth-order valence-electron chi connectivity index (χ4n) is 2.30. The van der Waals surface area contributed by atoms with Crippen LogP contribution in [0.1, 0.15) is 12.0 Å². The molecule has 0 bridgehead atoms. The number of benzene rings is 2. The summed E-state index contributed by atoms with van der Waals surface area (Å²) in [7, 11) is 0. The standard InChI is InChI=1S/C20H17N3O5/c21-13-4-14-22(17-5-2-1-3-6-17)19(24)15-28-20(25)12-9-16-7-10-18(11-8-16)23(26)27/h1-3,5-12H,4,14-15H2. The van der Waals surface area contributed by atoms with Gasteiger partial charge in [-0.1, -0.05) is 18.2 Å². The summed E-state index contributed by atoms with van der Waals surface area (Å²) in [5.74, 6) is -1.17. The van der Waals surface area contributed by atoms with Gasteiger partial charge in [0.15, 0.2) is 6.61 Å². The van der Waals surface area contributed by atoms with Gasteiger partial charge in [-0.2, -0.15) is 5.26 Å². The highest BCUT2D eigenvalue weighted by molar-refractivity contribution is 5.96. The van der Waals surface area contributed by atoms with Gasteiger partial charge in [-0.05, 0) is 35.9 Å². The van der Waals surface area contributed by atoms with Crippen LogP contribution in [0.4, 0.5) is 11.4 Å². The predicted molar refractivity (Wildman–Crippen MR) is 102 cm³/mol. The molecule has 1 amide bonds. The SMILES string of the molecule is N#CCCN(C(=O)COC(=O)C=Cc1ccc([N+](=O)[O-])cc1)c1ccccc1. The number of carbonyl (C=O) groups excluding carboxylic acids is 2. The number of amides is 1. The van der Waals surface area contributed by atoms with Crippen molar-refractivity contribution in [2.24, 2.45) is 0 Å². The number of esters is 1. The topological polar surface area (TPSA) is 114 Å². The van der Waals surface area contributed by atoms with E-state index in [0.29, 0.717) is 11.3 Å². The van der Waals surface area contributed by atoms with Crippen LogP contribution in [0.5, 0.6) is 0 Å². The molecule has 0 spiro atoms. The number of non-ortho nitro benzene ring substituents is 1. The van der Waals surface area contributed by atoms with E-state index in [1.165, 1.54) is 35.2 Å². The van der Waals surface area contributed by atoms with Crippen LogP contribution in [-0.4, -0.2) is 30.0 Å². The molecule has 0 aliphatic rings. The van der Waals surface area contributed by atoms with Gasteiger partial charge in [-0.25, -0.2) is 4.79 Å². The van der Waals surface area contributed by atoms with Crippen LogP contribution in [0.3, 0.4) is 0 Å². The molecule has 28 heavy (non-hydrogen) atoms. The van der Waals surface area contributed by atoms with E-state index in [1.807, 2.05) is 6.07 Å². The molecule has 8 heteroatoms. The lowest BCUT2D eigenvalue weighted by molar-refractivity contribution is -0.384. The molecule has 2 rings (SSSR count). The average Bonchev–Trinajstić information content (AvgIpc) is 2.72. The molecular formula is C20H17N3O5. The first kappa shape index (κ1) is 20.3. The molecule has 0 aromatic heterocycles. The first-order chi connectivity index (χ1) is 13.5. The Morgan fingerprint density at radius 3 is 2.43 bits per heavy atom. The molecule has 0 saturated heterocycles. The van der Waals surface area contributed by atoms with Gasteiger partial charge in [-0.3, -0.25) is 14.9 Å². The molecule has 8 nitrogen and oxygen atoms in total. The maximum absolute atomic E-state index is 12.4. The van der Waals surface area contributed by atoms with Gasteiger partial charge in [0.2, 0.25) is 0 Å². The average molecular weight is 379 g/mol. The van der Waals surface area contributed by atoms with E-state index in [-0.39, 0.29) is 18.7 Å². The molecule has 2 aromatic carbocycles. The number of para-hydroxylation sites is 1. The maximum atomic E-state index is 12.4. The molecule has 0 N–H and O–H groups in total. The summed E-state index contributed by atoms with van der Waals surface area (Å²) < 4.78 is 4.96. The second-order valence-electron chi connectivity index (χ2n) is 5.58. The van der Waals surface area contributed by atoms with Crippen LogP contribution >= 0.6 is 0 Å². The smallest absolute Gasteiger partial charge is 0.331 e. The summed E-state index contributed by atoms with van der Waals surface area (Å²) in [4.78, 5) is 35.7. The first-order valence-corrected chi connectivity index (χ1v) is 8.33. The Hall–Kier alpha value is -3.99. The number of nitro groups is 1. The monoisotopic (exact) mass is 379 g/mol.